The summed E-state index contributed by atoms with van der Waals surface area (Å²) in [6.45, 7) is -1.72. The van der Waals surface area contributed by atoms with E-state index < -0.39 is 103 Å². The number of halogens is 1. The van der Waals surface area contributed by atoms with E-state index in [1.165, 1.54) is 30.3 Å². The molecule has 334 valence electrons. The van der Waals surface area contributed by atoms with Gasteiger partial charge >= 0.3 is 20.8 Å². The van der Waals surface area contributed by atoms with Gasteiger partial charge in [0.15, 0.2) is 25.4 Å². The predicted octanol–water partition coefficient (Wildman–Crippen LogP) is 4.15. The fourth-order valence-corrected chi connectivity index (χ4v) is 9.21. The molecule has 0 unspecified atom stereocenters. The lowest BCUT2D eigenvalue weighted by molar-refractivity contribution is -0.432. The Kier molecular flexibility index (Phi) is 15.0. The summed E-state index contributed by atoms with van der Waals surface area (Å²) in [5.74, 6) is -2.98. The van der Waals surface area contributed by atoms with E-state index in [2.05, 4.69) is 53.6 Å². The van der Waals surface area contributed by atoms with Crippen molar-refractivity contribution in [2.24, 2.45) is 10.2 Å². The van der Waals surface area contributed by atoms with Crippen LogP contribution in [0.3, 0.4) is 0 Å². The first kappa shape index (κ1) is 48.3. The Morgan fingerprint density at radius 2 is 1.23 bits per heavy atom. The molecule has 0 saturated heterocycles. The van der Waals surface area contributed by atoms with E-state index in [-0.39, 0.29) is 60.5 Å². The average molecular weight is 1000 g/mol. The van der Waals surface area contributed by atoms with Crippen LogP contribution >= 0.6 is 23.6 Å². The molecule has 5 rings (SSSR count). The Bertz CT molecular complexity index is 3090. The molecule has 26 nitrogen and oxygen atoms in total. The zero-order valence-electron chi connectivity index (χ0n) is 30.2. The summed E-state index contributed by atoms with van der Waals surface area (Å²) >= 11 is 6.38. The van der Waals surface area contributed by atoms with Crippen LogP contribution in [-0.2, 0) is 68.3 Å². The zero-order valence-corrected chi connectivity index (χ0v) is 35.8. The van der Waals surface area contributed by atoms with Gasteiger partial charge in [0.2, 0.25) is 17.2 Å². The Morgan fingerprint density at radius 3 is 1.74 bits per heavy atom. The highest BCUT2D eigenvalue weighted by Gasteiger charge is 2.24. The van der Waals surface area contributed by atoms with Crippen LogP contribution in [0.25, 0.3) is 10.8 Å². The van der Waals surface area contributed by atoms with Crippen LogP contribution < -0.4 is 10.6 Å². The smallest absolute Gasteiger partial charge is 0.397 e. The first-order valence-corrected chi connectivity index (χ1v) is 24.7. The number of aromatic hydroxyl groups is 1. The molecule has 0 spiro atoms. The van der Waals surface area contributed by atoms with Gasteiger partial charge in [0.05, 0.1) is 62.8 Å². The van der Waals surface area contributed by atoms with E-state index in [9.17, 15) is 51.7 Å². The maximum atomic E-state index is 12.6. The van der Waals surface area contributed by atoms with Crippen LogP contribution in [-0.4, -0.2) is 106 Å². The first-order chi connectivity index (χ1) is 28.8. The second kappa shape index (κ2) is 19.3. The van der Waals surface area contributed by atoms with Crippen molar-refractivity contribution in [2.75, 3.05) is 35.4 Å². The van der Waals surface area contributed by atoms with Gasteiger partial charge in [0.1, 0.15) is 10.6 Å². The van der Waals surface area contributed by atoms with Gasteiger partial charge in [-0.25, -0.2) is 30.5 Å². The van der Waals surface area contributed by atoms with Gasteiger partial charge in [-0.3, -0.25) is 13.7 Å². The lowest BCUT2D eigenvalue weighted by Crippen LogP contribution is -2.15. The average Bonchev–Trinajstić information content (AvgIpc) is 3.15. The molecule has 0 atom stereocenters. The highest BCUT2D eigenvalue weighted by atomic mass is 35.5. The van der Waals surface area contributed by atoms with Crippen molar-refractivity contribution in [3.05, 3.63) is 72.0 Å². The second-order valence-electron chi connectivity index (χ2n) is 11.7. The Hall–Kier alpha value is -4.78. The molecule has 0 saturated carbocycles. The van der Waals surface area contributed by atoms with Crippen molar-refractivity contribution < 1.29 is 83.8 Å². The molecule has 0 radical (unpaired) electrons. The van der Waals surface area contributed by atoms with Crippen molar-refractivity contribution in [3.63, 3.8) is 0 Å². The molecular weight excluding hydrogens is 978 g/mol. The lowest BCUT2D eigenvalue weighted by atomic mass is 10.1. The minimum Gasteiger partial charge on any atom is -0.505 e. The Balaban J connectivity index is 1.45. The molecule has 0 fully saturated rings. The fraction of sp³-hybridized carbons (Fsp3) is 0.138. The number of nitrogens with zero attached hydrogens (tertiary/aromatic N) is 5. The molecule has 4 aromatic carbocycles. The second-order valence-corrected chi connectivity index (χ2v) is 20.6. The van der Waals surface area contributed by atoms with E-state index in [0.717, 1.165) is 36.4 Å². The van der Waals surface area contributed by atoms with Crippen LogP contribution in [0.15, 0.2) is 96.5 Å². The van der Waals surface area contributed by atoms with Crippen molar-refractivity contribution in [1.29, 1.82) is 0 Å². The van der Waals surface area contributed by atoms with E-state index in [0.29, 0.717) is 0 Å². The van der Waals surface area contributed by atoms with Crippen molar-refractivity contribution >= 4 is 120 Å². The van der Waals surface area contributed by atoms with Crippen molar-refractivity contribution in [1.82, 2.24) is 15.0 Å². The van der Waals surface area contributed by atoms with Crippen LogP contribution in [0.4, 0.5) is 34.6 Å². The van der Waals surface area contributed by atoms with Gasteiger partial charge in [0, 0.05) is 11.1 Å². The number of rotatable bonds is 20. The molecular formula is C29H26ClN7O19S6. The number of hydrogen-bond donors (Lipinski definition) is 7. The zero-order chi connectivity index (χ0) is 45.7. The van der Waals surface area contributed by atoms with Gasteiger partial charge in [-0.05, 0) is 83.7 Å². The van der Waals surface area contributed by atoms with E-state index in [1.54, 1.807) is 0 Å². The molecule has 62 heavy (non-hydrogen) atoms. The van der Waals surface area contributed by atoms with Gasteiger partial charge < -0.3 is 15.7 Å². The number of phenolic OH excluding ortho intramolecular Hbond substituents is 1. The number of benzene rings is 4. The molecule has 0 aliphatic rings. The van der Waals surface area contributed by atoms with E-state index >= 15 is 0 Å². The standard InChI is InChI=1S/C29H26ClN7O19S6/c30-27-33-28(31-17-1-5-19(6-2-17)58(40,41)11-9-53-61(47,48)49)35-29(34-27)32-22-15-21-16(14-24(22)60(44,45)46)13-23(57-56-55-39)25(26(21)38)37-36-18-3-7-20(8-4-18)59(42,43)12-10-54-62(50,51)52/h1-8,13-15,38-39H,9-12H2,(H,44,45,46)(H,47,48,49)(H,50,51,52)(H2,31,32,33,34,35). The molecule has 33 heteroatoms. The maximum Gasteiger partial charge on any atom is 0.397 e. The van der Waals surface area contributed by atoms with Gasteiger partial charge in [0.25, 0.3) is 10.1 Å². The van der Waals surface area contributed by atoms with Gasteiger partial charge in [-0.1, -0.05) is 5.04 Å². The predicted molar refractivity (Wildman–Crippen MR) is 214 cm³/mol. The minimum absolute atomic E-state index is 0.0120. The number of nitrogens with one attached hydrogen (secondary N) is 2. The third-order valence-electron chi connectivity index (χ3n) is 7.54. The molecule has 7 N–H and O–H groups in total. The number of sulfone groups is 2. The SMILES string of the molecule is O=S(=O)(O)OCCS(=O)(=O)c1ccc(N=Nc2c(SOOO)cc3cc(S(=O)(=O)O)c(Nc4nc(Cl)nc(Nc5ccc(S(=O)(=O)CCOS(=O)(=O)O)cc5)n4)cc3c2O)cc1. The highest BCUT2D eigenvalue weighted by molar-refractivity contribution is 7.94. The normalized spacial score (nSPS) is 12.9. The summed E-state index contributed by atoms with van der Waals surface area (Å²) in [5, 5.41) is 36.4. The molecule has 0 aliphatic carbocycles. The van der Waals surface area contributed by atoms with E-state index in [4.69, 9.17) is 26.0 Å². The third kappa shape index (κ3) is 13.4. The summed E-state index contributed by atoms with van der Waals surface area (Å²) < 4.78 is 158. The monoisotopic (exact) mass is 1000 g/mol. The van der Waals surface area contributed by atoms with Crippen LogP contribution in [0.5, 0.6) is 5.75 Å². The molecule has 1 aromatic heterocycles. The maximum absolute atomic E-state index is 12.6. The molecule has 0 amide bonds. The van der Waals surface area contributed by atoms with Crippen molar-refractivity contribution in [3.8, 4) is 5.75 Å². The summed E-state index contributed by atoms with van der Waals surface area (Å²) in [6, 6.07) is 12.6. The number of anilines is 4. The molecule has 5 aromatic rings. The number of hydrogen-bond acceptors (Lipinski definition) is 24. The first-order valence-electron chi connectivity index (χ1n) is 16.1. The molecule has 0 bridgehead atoms. The quantitative estimate of drug-likeness (QED) is 0.0189. The van der Waals surface area contributed by atoms with Crippen LogP contribution in [0.2, 0.25) is 5.28 Å². The van der Waals surface area contributed by atoms with Crippen LogP contribution in [0, 0.1) is 0 Å². The summed E-state index contributed by atoms with van der Waals surface area (Å²) in [7, 11) is -22.9. The minimum atomic E-state index is -5.06. The number of azo groups is 1. The van der Waals surface area contributed by atoms with Gasteiger partial charge in [-0.2, -0.15) is 45.3 Å². The summed E-state index contributed by atoms with van der Waals surface area (Å²) in [5.41, 5.74) is -0.605. The number of fused-ring (bicyclic) bond motifs is 1. The van der Waals surface area contributed by atoms with Crippen LogP contribution in [0.1, 0.15) is 0 Å². The van der Waals surface area contributed by atoms with E-state index in [1.807, 2.05) is 0 Å². The largest absolute Gasteiger partial charge is 0.505 e. The highest BCUT2D eigenvalue weighted by Crippen LogP contribution is 2.46. The third-order valence-corrected chi connectivity index (χ3v) is 13.5. The Labute approximate surface area is 359 Å². The summed E-state index contributed by atoms with van der Waals surface area (Å²) in [4.78, 5) is 10.5. The van der Waals surface area contributed by atoms with Crippen molar-refractivity contribution in [2.45, 2.75) is 19.6 Å². The fourth-order valence-electron chi connectivity index (χ4n) is 4.92. The topological polar surface area (TPSA) is 396 Å². The van der Waals surface area contributed by atoms with Gasteiger partial charge in [-0.15, -0.1) is 9.45 Å². The lowest BCUT2D eigenvalue weighted by Gasteiger charge is -2.14. The number of aromatic nitrogens is 3. The molecule has 0 aliphatic heterocycles. The Morgan fingerprint density at radius 1 is 0.694 bits per heavy atom. The number of phenols is 1. The summed E-state index contributed by atoms with van der Waals surface area (Å²) in [6.07, 6.45) is 0. The molecule has 1 heterocycles.